The highest BCUT2D eigenvalue weighted by atomic mass is 32.1. The van der Waals surface area contributed by atoms with Gasteiger partial charge < -0.3 is 15.4 Å². The molecule has 0 spiro atoms. The Labute approximate surface area is 88.4 Å². The van der Waals surface area contributed by atoms with Crippen molar-refractivity contribution in [1.82, 2.24) is 15.1 Å². The van der Waals surface area contributed by atoms with Crippen LogP contribution in [0.4, 0.5) is 5.82 Å². The first-order chi connectivity index (χ1) is 6.72. The number of anilines is 1. The zero-order valence-corrected chi connectivity index (χ0v) is 9.10. The van der Waals surface area contributed by atoms with E-state index in [0.29, 0.717) is 18.3 Å². The monoisotopic (exact) mass is 214 g/mol. The van der Waals surface area contributed by atoms with Gasteiger partial charge in [-0.1, -0.05) is 0 Å². The summed E-state index contributed by atoms with van der Waals surface area (Å²) in [6.45, 7) is 1.32. The molecule has 14 heavy (non-hydrogen) atoms. The molecule has 1 heterocycles. The number of nitrogens with one attached hydrogen (secondary N) is 2. The summed E-state index contributed by atoms with van der Waals surface area (Å²) < 4.78 is 6.59. The van der Waals surface area contributed by atoms with E-state index in [2.05, 4.69) is 15.7 Å². The van der Waals surface area contributed by atoms with Crippen molar-refractivity contribution in [2.45, 2.75) is 0 Å². The SMILES string of the molecule is COCCNC(=S)Nc1ccn(C)n1. The van der Waals surface area contributed by atoms with Crippen molar-refractivity contribution in [3.63, 3.8) is 0 Å². The van der Waals surface area contributed by atoms with Gasteiger partial charge in [0.15, 0.2) is 10.9 Å². The van der Waals surface area contributed by atoms with Crippen LogP contribution in [0, 0.1) is 0 Å². The lowest BCUT2D eigenvalue weighted by Gasteiger charge is -2.07. The molecule has 0 aliphatic carbocycles. The predicted octanol–water partition coefficient (Wildman–Crippen LogP) is 0.353. The van der Waals surface area contributed by atoms with Crippen LogP contribution in [0.15, 0.2) is 12.3 Å². The van der Waals surface area contributed by atoms with Gasteiger partial charge in [-0.2, -0.15) is 5.10 Å². The van der Waals surface area contributed by atoms with Crippen molar-refractivity contribution in [3.8, 4) is 0 Å². The Balaban J connectivity index is 2.27. The molecule has 0 radical (unpaired) electrons. The van der Waals surface area contributed by atoms with Crippen LogP contribution in [0.2, 0.25) is 0 Å². The molecule has 0 aromatic carbocycles. The summed E-state index contributed by atoms with van der Waals surface area (Å²) in [5.74, 6) is 0.738. The lowest BCUT2D eigenvalue weighted by molar-refractivity contribution is 0.204. The minimum atomic E-state index is 0.556. The summed E-state index contributed by atoms with van der Waals surface area (Å²) in [7, 11) is 3.50. The van der Waals surface area contributed by atoms with Gasteiger partial charge >= 0.3 is 0 Å². The second-order valence-electron chi connectivity index (χ2n) is 2.75. The van der Waals surface area contributed by atoms with E-state index in [1.54, 1.807) is 11.8 Å². The minimum Gasteiger partial charge on any atom is -0.383 e. The normalized spacial score (nSPS) is 9.86. The maximum atomic E-state index is 5.03. The molecule has 0 atom stereocenters. The van der Waals surface area contributed by atoms with Gasteiger partial charge in [0, 0.05) is 33.0 Å². The summed E-state index contributed by atoms with van der Waals surface area (Å²) in [6.07, 6.45) is 1.85. The first kappa shape index (κ1) is 10.9. The number of hydrogen-bond donors (Lipinski definition) is 2. The molecule has 0 aliphatic rings. The lowest BCUT2D eigenvalue weighted by Crippen LogP contribution is -2.31. The number of methoxy groups -OCH3 is 1. The van der Waals surface area contributed by atoms with Crippen molar-refractivity contribution >= 4 is 23.1 Å². The quantitative estimate of drug-likeness (QED) is 0.559. The number of nitrogens with zero attached hydrogens (tertiary/aromatic N) is 2. The van der Waals surface area contributed by atoms with Crippen LogP contribution in [0.25, 0.3) is 0 Å². The third-order valence-corrected chi connectivity index (χ3v) is 1.79. The molecule has 0 fully saturated rings. The highest BCUT2D eigenvalue weighted by Gasteiger charge is 1.98. The van der Waals surface area contributed by atoms with Gasteiger partial charge in [-0.05, 0) is 12.2 Å². The molecule has 6 heteroatoms. The van der Waals surface area contributed by atoms with E-state index in [4.69, 9.17) is 17.0 Å². The fraction of sp³-hybridized carbons (Fsp3) is 0.500. The first-order valence-corrected chi connectivity index (χ1v) is 4.66. The Kier molecular flexibility index (Phi) is 4.34. The average molecular weight is 214 g/mol. The van der Waals surface area contributed by atoms with Gasteiger partial charge in [-0.3, -0.25) is 4.68 Å². The fourth-order valence-corrected chi connectivity index (χ4v) is 1.12. The van der Waals surface area contributed by atoms with E-state index in [0.717, 1.165) is 5.82 Å². The Bertz CT molecular complexity index is 299. The smallest absolute Gasteiger partial charge is 0.172 e. The van der Waals surface area contributed by atoms with Gasteiger partial charge in [0.05, 0.1) is 6.61 Å². The number of aryl methyl sites for hydroxylation is 1. The first-order valence-electron chi connectivity index (χ1n) is 4.26. The van der Waals surface area contributed by atoms with Crippen LogP contribution in [0.5, 0.6) is 0 Å². The van der Waals surface area contributed by atoms with Gasteiger partial charge in [0.1, 0.15) is 0 Å². The summed E-state index contributed by atoms with van der Waals surface area (Å²) in [5.41, 5.74) is 0. The van der Waals surface area contributed by atoms with E-state index >= 15 is 0 Å². The fourth-order valence-electron chi connectivity index (χ4n) is 0.909. The standard InChI is InChI=1S/C8H14N4OS/c1-12-5-3-7(11-12)10-8(14)9-4-6-13-2/h3,5H,4,6H2,1-2H3,(H2,9,10,11,14). The molecule has 1 aromatic rings. The number of hydrogen-bond acceptors (Lipinski definition) is 3. The molecule has 78 valence electrons. The average Bonchev–Trinajstić information content (AvgIpc) is 2.52. The lowest BCUT2D eigenvalue weighted by atomic mass is 10.6. The third kappa shape index (κ3) is 3.71. The molecule has 0 saturated carbocycles. The molecule has 0 unspecified atom stereocenters. The second-order valence-corrected chi connectivity index (χ2v) is 3.16. The van der Waals surface area contributed by atoms with Crippen LogP contribution in [0.3, 0.4) is 0 Å². The molecule has 0 saturated heterocycles. The van der Waals surface area contributed by atoms with Crippen molar-refractivity contribution < 1.29 is 4.74 Å². The minimum absolute atomic E-state index is 0.556. The van der Waals surface area contributed by atoms with Crippen LogP contribution in [-0.4, -0.2) is 35.2 Å². The van der Waals surface area contributed by atoms with E-state index in [-0.39, 0.29) is 0 Å². The zero-order chi connectivity index (χ0) is 10.4. The van der Waals surface area contributed by atoms with Crippen molar-refractivity contribution in [2.75, 3.05) is 25.6 Å². The highest BCUT2D eigenvalue weighted by Crippen LogP contribution is 1.99. The van der Waals surface area contributed by atoms with Gasteiger partial charge in [0.25, 0.3) is 0 Å². The highest BCUT2D eigenvalue weighted by molar-refractivity contribution is 7.80. The number of rotatable bonds is 4. The molecular weight excluding hydrogens is 200 g/mol. The molecule has 1 aromatic heterocycles. The summed E-state index contributed by atoms with van der Waals surface area (Å²) in [5, 5.41) is 10.6. The van der Waals surface area contributed by atoms with Gasteiger partial charge in [-0.25, -0.2) is 0 Å². The van der Waals surface area contributed by atoms with Crippen molar-refractivity contribution in [3.05, 3.63) is 12.3 Å². The molecular formula is C8H14N4OS. The Morgan fingerprint density at radius 1 is 1.71 bits per heavy atom. The Morgan fingerprint density at radius 2 is 2.50 bits per heavy atom. The number of aromatic nitrogens is 2. The van der Waals surface area contributed by atoms with E-state index in [9.17, 15) is 0 Å². The Hall–Kier alpha value is -1.14. The van der Waals surface area contributed by atoms with Crippen molar-refractivity contribution in [1.29, 1.82) is 0 Å². The summed E-state index contributed by atoms with van der Waals surface area (Å²) in [4.78, 5) is 0. The number of ether oxygens (including phenoxy) is 1. The maximum Gasteiger partial charge on any atom is 0.172 e. The van der Waals surface area contributed by atoms with Crippen LogP contribution in [-0.2, 0) is 11.8 Å². The van der Waals surface area contributed by atoms with E-state index in [1.165, 1.54) is 0 Å². The third-order valence-electron chi connectivity index (χ3n) is 1.55. The van der Waals surface area contributed by atoms with Crippen LogP contribution < -0.4 is 10.6 Å². The summed E-state index contributed by atoms with van der Waals surface area (Å²) in [6, 6.07) is 1.85. The van der Waals surface area contributed by atoms with E-state index in [1.807, 2.05) is 19.3 Å². The largest absolute Gasteiger partial charge is 0.383 e. The molecule has 5 nitrogen and oxygen atoms in total. The Morgan fingerprint density at radius 3 is 3.07 bits per heavy atom. The molecule has 2 N–H and O–H groups in total. The maximum absolute atomic E-state index is 5.03. The van der Waals surface area contributed by atoms with Crippen molar-refractivity contribution in [2.24, 2.45) is 7.05 Å². The molecule has 0 amide bonds. The molecule has 0 aliphatic heterocycles. The van der Waals surface area contributed by atoms with Crippen LogP contribution in [0.1, 0.15) is 0 Å². The second kappa shape index (κ2) is 5.56. The zero-order valence-electron chi connectivity index (χ0n) is 8.28. The van der Waals surface area contributed by atoms with Gasteiger partial charge in [0.2, 0.25) is 0 Å². The van der Waals surface area contributed by atoms with Gasteiger partial charge in [-0.15, -0.1) is 0 Å². The number of thiocarbonyl (C=S) groups is 1. The molecule has 0 bridgehead atoms. The molecule has 1 rings (SSSR count). The topological polar surface area (TPSA) is 51.1 Å². The predicted molar refractivity (Wildman–Crippen MR) is 59.3 cm³/mol. The summed E-state index contributed by atoms with van der Waals surface area (Å²) >= 11 is 5.03. The van der Waals surface area contributed by atoms with Crippen LogP contribution >= 0.6 is 12.2 Å². The van der Waals surface area contributed by atoms with E-state index < -0.39 is 0 Å².